The lowest BCUT2D eigenvalue weighted by molar-refractivity contribution is -0.132. The number of nitrogens with zero attached hydrogens (tertiary/aromatic N) is 2. The molecule has 5 nitrogen and oxygen atoms in total. The Morgan fingerprint density at radius 1 is 1.03 bits per heavy atom. The number of nitrogens with one attached hydrogen (secondary N) is 1. The average molecular weight is 456 g/mol. The molecule has 5 rings (SSSR count). The van der Waals surface area contributed by atoms with Gasteiger partial charge in [0.2, 0.25) is 5.91 Å². The summed E-state index contributed by atoms with van der Waals surface area (Å²) in [5.74, 6) is -0.0830. The Bertz CT molecular complexity index is 1430. The predicted octanol–water partition coefficient (Wildman–Crippen LogP) is 5.94. The molecule has 6 heteroatoms. The van der Waals surface area contributed by atoms with Crippen LogP contribution in [0.4, 0.5) is 0 Å². The Hall–Kier alpha value is -3.70. The number of hydrogen-bond donors (Lipinski definition) is 1. The van der Waals surface area contributed by atoms with Crippen LogP contribution in [0, 0.1) is 0 Å². The fourth-order valence-electron chi connectivity index (χ4n) is 4.43. The van der Waals surface area contributed by atoms with Crippen molar-refractivity contribution in [1.82, 2.24) is 9.99 Å². The Balaban J connectivity index is 1.75. The molecule has 1 N–H and O–H groups in total. The van der Waals surface area contributed by atoms with E-state index in [1.165, 1.54) is 5.01 Å². The number of aromatic amines is 1. The molecule has 1 aliphatic rings. The first-order chi connectivity index (χ1) is 16.1. The number of carbonyl (C=O) groups is 1. The maximum absolute atomic E-state index is 13.4. The summed E-state index contributed by atoms with van der Waals surface area (Å²) < 4.78 is 0. The standard InChI is InChI=1S/C27H22ClN3O2/c1-2-24(32)31-23(17-9-5-3-6-10-17)16-22(30-31)26-25(18-11-7-4-8-12-18)20-15-19(28)13-14-21(20)29-27(26)33/h3-15,23H,2,16H2,1H3,(H,29,33). The Morgan fingerprint density at radius 3 is 2.42 bits per heavy atom. The van der Waals surface area contributed by atoms with Gasteiger partial charge in [0, 0.05) is 34.3 Å². The van der Waals surface area contributed by atoms with Gasteiger partial charge in [-0.3, -0.25) is 9.59 Å². The largest absolute Gasteiger partial charge is 0.321 e. The summed E-state index contributed by atoms with van der Waals surface area (Å²) in [6.45, 7) is 1.82. The van der Waals surface area contributed by atoms with E-state index in [9.17, 15) is 9.59 Å². The van der Waals surface area contributed by atoms with Crippen LogP contribution >= 0.6 is 11.6 Å². The first kappa shape index (κ1) is 21.2. The quantitative estimate of drug-likeness (QED) is 0.414. The minimum absolute atomic E-state index is 0.0830. The molecule has 164 valence electrons. The highest BCUT2D eigenvalue weighted by Gasteiger charge is 2.34. The molecule has 0 spiro atoms. The van der Waals surface area contributed by atoms with Crippen LogP contribution in [0.5, 0.6) is 0 Å². The van der Waals surface area contributed by atoms with Crippen LogP contribution in [0.25, 0.3) is 22.0 Å². The highest BCUT2D eigenvalue weighted by atomic mass is 35.5. The number of aromatic nitrogens is 1. The van der Waals surface area contributed by atoms with Crippen LogP contribution in [0.15, 0.2) is 88.8 Å². The molecule has 4 aromatic rings. The molecule has 33 heavy (non-hydrogen) atoms. The maximum Gasteiger partial charge on any atom is 0.258 e. The van der Waals surface area contributed by atoms with Crippen molar-refractivity contribution in [2.75, 3.05) is 0 Å². The minimum Gasteiger partial charge on any atom is -0.321 e. The zero-order valence-electron chi connectivity index (χ0n) is 18.1. The van der Waals surface area contributed by atoms with Crippen molar-refractivity contribution in [1.29, 1.82) is 0 Å². The van der Waals surface area contributed by atoms with Crippen molar-refractivity contribution < 1.29 is 4.79 Å². The average Bonchev–Trinajstić information content (AvgIpc) is 3.29. The number of H-pyrrole nitrogens is 1. The molecule has 1 unspecified atom stereocenters. The van der Waals surface area contributed by atoms with Gasteiger partial charge in [0.15, 0.2) is 0 Å². The Morgan fingerprint density at radius 2 is 1.73 bits per heavy atom. The molecule has 0 radical (unpaired) electrons. The molecular weight excluding hydrogens is 434 g/mol. The monoisotopic (exact) mass is 455 g/mol. The molecule has 0 aliphatic carbocycles. The lowest BCUT2D eigenvalue weighted by atomic mass is 9.91. The van der Waals surface area contributed by atoms with Crippen LogP contribution in [0.2, 0.25) is 5.02 Å². The van der Waals surface area contributed by atoms with Crippen LogP contribution in [-0.2, 0) is 4.79 Å². The number of fused-ring (bicyclic) bond motifs is 1. The van der Waals surface area contributed by atoms with Crippen molar-refractivity contribution in [2.24, 2.45) is 5.10 Å². The highest BCUT2D eigenvalue weighted by Crippen LogP contribution is 2.37. The zero-order valence-corrected chi connectivity index (χ0v) is 18.8. The van der Waals surface area contributed by atoms with Gasteiger partial charge in [0.05, 0.1) is 17.3 Å². The SMILES string of the molecule is CCC(=O)N1N=C(c2c(-c3ccccc3)c3cc(Cl)ccc3[nH]c2=O)CC1c1ccccc1. The van der Waals surface area contributed by atoms with Gasteiger partial charge in [-0.1, -0.05) is 79.2 Å². The van der Waals surface area contributed by atoms with Gasteiger partial charge in [-0.25, -0.2) is 5.01 Å². The number of halogens is 1. The third kappa shape index (κ3) is 3.85. The third-order valence-corrected chi connectivity index (χ3v) is 6.22. The van der Waals surface area contributed by atoms with E-state index in [1.807, 2.05) is 79.7 Å². The molecular formula is C27H22ClN3O2. The summed E-state index contributed by atoms with van der Waals surface area (Å²) in [5.41, 5.74) is 4.18. The smallest absolute Gasteiger partial charge is 0.258 e. The number of benzene rings is 3. The molecule has 1 aromatic heterocycles. The van der Waals surface area contributed by atoms with Crippen molar-refractivity contribution >= 4 is 34.1 Å². The first-order valence-corrected chi connectivity index (χ1v) is 11.3. The second-order valence-corrected chi connectivity index (χ2v) is 8.47. The van der Waals surface area contributed by atoms with Crippen LogP contribution in [0.1, 0.15) is 36.9 Å². The van der Waals surface area contributed by atoms with Gasteiger partial charge in [0.1, 0.15) is 0 Å². The second-order valence-electron chi connectivity index (χ2n) is 8.03. The number of carbonyl (C=O) groups excluding carboxylic acids is 1. The summed E-state index contributed by atoms with van der Waals surface area (Å²) >= 11 is 6.34. The van der Waals surface area contributed by atoms with E-state index in [4.69, 9.17) is 16.7 Å². The number of amides is 1. The number of rotatable bonds is 4. The van der Waals surface area contributed by atoms with E-state index in [0.717, 1.165) is 22.1 Å². The van der Waals surface area contributed by atoms with Gasteiger partial charge in [-0.2, -0.15) is 5.10 Å². The van der Waals surface area contributed by atoms with E-state index in [2.05, 4.69) is 4.98 Å². The van der Waals surface area contributed by atoms with Crippen LogP contribution in [0.3, 0.4) is 0 Å². The fraction of sp³-hybridized carbons (Fsp3) is 0.148. The topological polar surface area (TPSA) is 65.5 Å². The Kier molecular flexibility index (Phi) is 5.56. The summed E-state index contributed by atoms with van der Waals surface area (Å²) in [4.78, 5) is 29.2. The minimum atomic E-state index is -0.258. The second kappa shape index (κ2) is 8.68. The lowest BCUT2D eigenvalue weighted by Gasteiger charge is -2.21. The highest BCUT2D eigenvalue weighted by molar-refractivity contribution is 6.31. The van der Waals surface area contributed by atoms with Gasteiger partial charge in [-0.15, -0.1) is 0 Å². The van der Waals surface area contributed by atoms with Crippen molar-refractivity contribution in [3.8, 4) is 11.1 Å². The van der Waals surface area contributed by atoms with Crippen molar-refractivity contribution in [3.63, 3.8) is 0 Å². The lowest BCUT2D eigenvalue weighted by Crippen LogP contribution is -2.26. The summed E-state index contributed by atoms with van der Waals surface area (Å²) in [6, 6.07) is 24.7. The van der Waals surface area contributed by atoms with Crippen molar-refractivity contribution in [2.45, 2.75) is 25.8 Å². The summed E-state index contributed by atoms with van der Waals surface area (Å²) in [6.07, 6.45) is 0.778. The summed E-state index contributed by atoms with van der Waals surface area (Å²) in [7, 11) is 0. The molecule has 0 saturated carbocycles. The number of hydrogen-bond acceptors (Lipinski definition) is 3. The predicted molar refractivity (Wildman–Crippen MR) is 132 cm³/mol. The zero-order chi connectivity index (χ0) is 22.9. The van der Waals surface area contributed by atoms with Crippen LogP contribution in [-0.4, -0.2) is 21.6 Å². The fourth-order valence-corrected chi connectivity index (χ4v) is 4.61. The first-order valence-electron chi connectivity index (χ1n) is 10.9. The van der Waals surface area contributed by atoms with Crippen LogP contribution < -0.4 is 5.56 Å². The van der Waals surface area contributed by atoms with Gasteiger partial charge >= 0.3 is 0 Å². The third-order valence-electron chi connectivity index (χ3n) is 5.98. The molecule has 0 fully saturated rings. The van der Waals surface area contributed by atoms with E-state index in [-0.39, 0.29) is 17.5 Å². The molecule has 1 amide bonds. The molecule has 3 aromatic carbocycles. The van der Waals surface area contributed by atoms with Crippen molar-refractivity contribution in [3.05, 3.63) is 105 Å². The van der Waals surface area contributed by atoms with Gasteiger partial charge in [-0.05, 0) is 29.3 Å². The van der Waals surface area contributed by atoms with E-state index in [0.29, 0.717) is 34.7 Å². The van der Waals surface area contributed by atoms with E-state index < -0.39 is 0 Å². The van der Waals surface area contributed by atoms with Gasteiger partial charge < -0.3 is 4.98 Å². The van der Waals surface area contributed by atoms with Gasteiger partial charge in [0.25, 0.3) is 5.56 Å². The molecule has 0 bridgehead atoms. The van der Waals surface area contributed by atoms with E-state index >= 15 is 0 Å². The Labute approximate surface area is 196 Å². The molecule has 1 aliphatic heterocycles. The molecule has 0 saturated heterocycles. The normalized spacial score (nSPS) is 15.6. The number of pyridine rings is 1. The maximum atomic E-state index is 13.4. The number of hydrazone groups is 1. The summed E-state index contributed by atoms with van der Waals surface area (Å²) in [5, 5.41) is 7.65. The molecule has 1 atom stereocenters. The van der Waals surface area contributed by atoms with E-state index in [1.54, 1.807) is 6.07 Å². The molecule has 2 heterocycles.